The number of hydrogen-bond acceptors (Lipinski definition) is 3. The Balaban J connectivity index is 1.62. The Kier molecular flexibility index (Phi) is 2.24. The van der Waals surface area contributed by atoms with Crippen molar-refractivity contribution in [2.24, 2.45) is 5.92 Å². The number of nitrogens with zero attached hydrogens (tertiary/aromatic N) is 1. The third kappa shape index (κ3) is 1.95. The van der Waals surface area contributed by atoms with Crippen LogP contribution >= 0.6 is 0 Å². The Bertz CT molecular complexity index is 530. The minimum Gasteiger partial charge on any atom is -0.469 e. The van der Waals surface area contributed by atoms with E-state index in [0.717, 1.165) is 17.9 Å². The number of furan rings is 1. The topological polar surface area (TPSA) is 70.9 Å². The summed E-state index contributed by atoms with van der Waals surface area (Å²) in [6.07, 6.45) is 2.49. The molecular weight excluding hydrogens is 218 g/mol. The van der Waals surface area contributed by atoms with Crippen LogP contribution in [0, 0.1) is 12.8 Å². The summed E-state index contributed by atoms with van der Waals surface area (Å²) in [6, 6.07) is 5.57. The molecule has 0 spiro atoms. The van der Waals surface area contributed by atoms with E-state index in [4.69, 9.17) is 4.42 Å². The van der Waals surface area contributed by atoms with Crippen molar-refractivity contribution in [1.29, 1.82) is 0 Å². The van der Waals surface area contributed by atoms with E-state index in [0.29, 0.717) is 5.82 Å². The van der Waals surface area contributed by atoms with Gasteiger partial charge in [-0.25, -0.2) is 0 Å². The molecule has 5 nitrogen and oxygen atoms in total. The molecule has 88 valence electrons. The summed E-state index contributed by atoms with van der Waals surface area (Å²) in [4.78, 5) is 11.9. The fourth-order valence-electron chi connectivity index (χ4n) is 2.00. The first-order valence-corrected chi connectivity index (χ1v) is 5.60. The lowest BCUT2D eigenvalue weighted by Gasteiger charge is -1.99. The summed E-state index contributed by atoms with van der Waals surface area (Å²) in [5, 5.41) is 9.56. The molecule has 0 aliphatic heterocycles. The number of aromatic amines is 1. The summed E-state index contributed by atoms with van der Waals surface area (Å²) >= 11 is 0. The number of anilines is 1. The van der Waals surface area contributed by atoms with Gasteiger partial charge >= 0.3 is 0 Å². The van der Waals surface area contributed by atoms with Gasteiger partial charge in [-0.05, 0) is 25.5 Å². The number of aromatic nitrogens is 2. The van der Waals surface area contributed by atoms with Crippen molar-refractivity contribution in [2.75, 3.05) is 5.32 Å². The number of hydrogen-bond donors (Lipinski definition) is 2. The number of carbonyl (C=O) groups is 1. The molecule has 1 aliphatic rings. The molecule has 0 aromatic carbocycles. The highest BCUT2D eigenvalue weighted by Crippen LogP contribution is 2.48. The monoisotopic (exact) mass is 231 g/mol. The van der Waals surface area contributed by atoms with Gasteiger partial charge in [0, 0.05) is 23.6 Å². The molecule has 3 rings (SSSR count). The Morgan fingerprint density at radius 2 is 2.53 bits per heavy atom. The summed E-state index contributed by atoms with van der Waals surface area (Å²) in [5.74, 6) is 1.72. The lowest BCUT2D eigenvalue weighted by molar-refractivity contribution is -0.117. The standard InChI is InChI=1S/C12H13N3O2/c1-7-5-11(15-14-7)13-12(16)9-6-8(9)10-3-2-4-17-10/h2-5,8-9H,6H2,1H3,(H2,13,14,15,16). The third-order valence-electron chi connectivity index (χ3n) is 2.99. The minimum absolute atomic E-state index is 0.0119. The molecule has 1 saturated carbocycles. The zero-order valence-electron chi connectivity index (χ0n) is 9.43. The van der Waals surface area contributed by atoms with Gasteiger partial charge in [0.05, 0.1) is 6.26 Å². The largest absolute Gasteiger partial charge is 0.469 e. The molecule has 2 aromatic rings. The lowest BCUT2D eigenvalue weighted by Crippen LogP contribution is -2.14. The molecule has 2 aromatic heterocycles. The van der Waals surface area contributed by atoms with Crippen LogP contribution in [-0.2, 0) is 4.79 Å². The van der Waals surface area contributed by atoms with Gasteiger partial charge in [-0.1, -0.05) is 0 Å². The van der Waals surface area contributed by atoms with Crippen LogP contribution in [0.15, 0.2) is 28.9 Å². The normalized spacial score (nSPS) is 22.4. The van der Waals surface area contributed by atoms with Crippen LogP contribution in [0.5, 0.6) is 0 Å². The van der Waals surface area contributed by atoms with Crippen LogP contribution in [0.3, 0.4) is 0 Å². The quantitative estimate of drug-likeness (QED) is 0.849. The van der Waals surface area contributed by atoms with Crippen LogP contribution in [0.1, 0.15) is 23.8 Å². The predicted molar refractivity (Wildman–Crippen MR) is 61.5 cm³/mol. The van der Waals surface area contributed by atoms with Crippen molar-refractivity contribution >= 4 is 11.7 Å². The van der Waals surface area contributed by atoms with Crippen molar-refractivity contribution in [1.82, 2.24) is 10.2 Å². The maximum Gasteiger partial charge on any atom is 0.229 e. The molecule has 0 radical (unpaired) electrons. The summed E-state index contributed by atoms with van der Waals surface area (Å²) in [5.41, 5.74) is 0.929. The summed E-state index contributed by atoms with van der Waals surface area (Å²) in [7, 11) is 0. The molecule has 1 amide bonds. The van der Waals surface area contributed by atoms with Crippen molar-refractivity contribution in [3.05, 3.63) is 35.9 Å². The van der Waals surface area contributed by atoms with Crippen molar-refractivity contribution in [3.8, 4) is 0 Å². The summed E-state index contributed by atoms with van der Waals surface area (Å²) < 4.78 is 5.29. The van der Waals surface area contributed by atoms with Gasteiger partial charge in [-0.3, -0.25) is 9.89 Å². The first-order valence-electron chi connectivity index (χ1n) is 5.60. The molecule has 1 aliphatic carbocycles. The van der Waals surface area contributed by atoms with Gasteiger partial charge in [0.15, 0.2) is 5.82 Å². The molecule has 2 N–H and O–H groups in total. The van der Waals surface area contributed by atoms with Gasteiger partial charge in [0.1, 0.15) is 5.76 Å². The van der Waals surface area contributed by atoms with E-state index in [1.165, 1.54) is 0 Å². The van der Waals surface area contributed by atoms with Crippen LogP contribution < -0.4 is 5.32 Å². The molecular formula is C12H13N3O2. The molecule has 2 unspecified atom stereocenters. The SMILES string of the molecule is Cc1cc(NC(=O)C2CC2c2ccco2)n[nH]1. The maximum absolute atomic E-state index is 11.9. The van der Waals surface area contributed by atoms with E-state index in [9.17, 15) is 4.79 Å². The predicted octanol–water partition coefficient (Wildman–Crippen LogP) is 2.05. The third-order valence-corrected chi connectivity index (χ3v) is 2.99. The number of aryl methyl sites for hydroxylation is 1. The molecule has 2 heterocycles. The highest BCUT2D eigenvalue weighted by molar-refractivity contribution is 5.94. The average Bonchev–Trinajstić information content (AvgIpc) is 2.72. The van der Waals surface area contributed by atoms with Gasteiger partial charge in [-0.15, -0.1) is 0 Å². The fourth-order valence-corrected chi connectivity index (χ4v) is 2.00. The lowest BCUT2D eigenvalue weighted by atomic mass is 10.2. The Morgan fingerprint density at radius 3 is 3.18 bits per heavy atom. The van der Waals surface area contributed by atoms with Gasteiger partial charge in [0.2, 0.25) is 5.91 Å². The number of amides is 1. The number of rotatable bonds is 3. The van der Waals surface area contributed by atoms with Crippen molar-refractivity contribution < 1.29 is 9.21 Å². The molecule has 2 atom stereocenters. The Labute approximate surface area is 98.2 Å². The second kappa shape index (κ2) is 3.76. The van der Waals surface area contributed by atoms with E-state index in [1.807, 2.05) is 25.1 Å². The van der Waals surface area contributed by atoms with Crippen LogP contribution in [0.25, 0.3) is 0 Å². The van der Waals surface area contributed by atoms with E-state index >= 15 is 0 Å². The van der Waals surface area contributed by atoms with Crippen molar-refractivity contribution in [2.45, 2.75) is 19.3 Å². The molecule has 1 fully saturated rings. The second-order valence-corrected chi connectivity index (χ2v) is 4.39. The van der Waals surface area contributed by atoms with Crippen molar-refractivity contribution in [3.63, 3.8) is 0 Å². The van der Waals surface area contributed by atoms with E-state index in [-0.39, 0.29) is 17.7 Å². The van der Waals surface area contributed by atoms with Gasteiger partial charge in [0.25, 0.3) is 0 Å². The van der Waals surface area contributed by atoms with E-state index < -0.39 is 0 Å². The number of H-pyrrole nitrogens is 1. The number of nitrogens with one attached hydrogen (secondary N) is 2. The zero-order chi connectivity index (χ0) is 11.8. The molecule has 5 heteroatoms. The van der Waals surface area contributed by atoms with Gasteiger partial charge < -0.3 is 9.73 Å². The molecule has 0 saturated heterocycles. The minimum atomic E-state index is 0.0119. The zero-order valence-corrected chi connectivity index (χ0v) is 9.43. The van der Waals surface area contributed by atoms with Crippen LogP contribution in [0.2, 0.25) is 0 Å². The first-order chi connectivity index (χ1) is 8.24. The average molecular weight is 231 g/mol. The highest BCUT2D eigenvalue weighted by Gasteiger charge is 2.45. The Morgan fingerprint density at radius 1 is 1.65 bits per heavy atom. The molecule has 17 heavy (non-hydrogen) atoms. The highest BCUT2D eigenvalue weighted by atomic mass is 16.3. The fraction of sp³-hybridized carbons (Fsp3) is 0.333. The first kappa shape index (κ1) is 10.1. The molecule has 0 bridgehead atoms. The van der Waals surface area contributed by atoms with Crippen LogP contribution in [0.4, 0.5) is 5.82 Å². The Hall–Kier alpha value is -2.04. The second-order valence-electron chi connectivity index (χ2n) is 4.39. The summed E-state index contributed by atoms with van der Waals surface area (Å²) in [6.45, 7) is 1.89. The van der Waals surface area contributed by atoms with E-state index in [2.05, 4.69) is 15.5 Å². The van der Waals surface area contributed by atoms with Gasteiger partial charge in [-0.2, -0.15) is 5.10 Å². The maximum atomic E-state index is 11.9. The number of carbonyl (C=O) groups excluding carboxylic acids is 1. The smallest absolute Gasteiger partial charge is 0.229 e. The van der Waals surface area contributed by atoms with Crippen LogP contribution in [-0.4, -0.2) is 16.1 Å². The van der Waals surface area contributed by atoms with E-state index in [1.54, 1.807) is 6.26 Å².